The number of rotatable bonds is 6. The van der Waals surface area contributed by atoms with Gasteiger partial charge in [0.2, 0.25) is 0 Å². The van der Waals surface area contributed by atoms with Gasteiger partial charge in [-0.25, -0.2) is 8.42 Å². The first-order chi connectivity index (χ1) is 8.43. The number of thiocarbonyl (C=S) groups is 1. The maximum absolute atomic E-state index is 11.2. The predicted molar refractivity (Wildman–Crippen MR) is 73.0 cm³/mol. The molecule has 0 radical (unpaired) electrons. The third kappa shape index (κ3) is 5.76. The molecule has 1 rings (SSSR count). The lowest BCUT2D eigenvalue weighted by atomic mass is 10.3. The highest BCUT2D eigenvalue weighted by atomic mass is 32.2. The normalized spacial score (nSPS) is 21.2. The lowest BCUT2D eigenvalue weighted by Gasteiger charge is -2.17. The van der Waals surface area contributed by atoms with Crippen LogP contribution in [-0.4, -0.2) is 68.7 Å². The molecule has 0 aromatic rings. The molecule has 0 aromatic heterocycles. The third-order valence-electron chi connectivity index (χ3n) is 2.42. The minimum atomic E-state index is -3.08. The van der Waals surface area contributed by atoms with Gasteiger partial charge >= 0.3 is 0 Å². The van der Waals surface area contributed by atoms with E-state index in [2.05, 4.69) is 5.32 Å². The van der Waals surface area contributed by atoms with Crippen molar-refractivity contribution in [1.29, 1.82) is 0 Å². The van der Waals surface area contributed by atoms with Crippen molar-refractivity contribution in [3.63, 3.8) is 0 Å². The zero-order valence-electron chi connectivity index (χ0n) is 10.2. The molecule has 1 heterocycles. The molecule has 8 heteroatoms. The van der Waals surface area contributed by atoms with Crippen LogP contribution in [0.2, 0.25) is 0 Å². The van der Waals surface area contributed by atoms with E-state index in [1.165, 1.54) is 5.41 Å². The largest absolute Gasteiger partial charge is 0.470 e. The van der Waals surface area contributed by atoms with Crippen molar-refractivity contribution in [2.75, 3.05) is 39.1 Å². The van der Waals surface area contributed by atoms with E-state index in [0.29, 0.717) is 19.7 Å². The molecule has 104 valence electrons. The Morgan fingerprint density at radius 3 is 2.89 bits per heavy atom. The number of hydrogen-bond acceptors (Lipinski definition) is 6. The zero-order chi connectivity index (χ0) is 13.6. The van der Waals surface area contributed by atoms with Crippen LogP contribution in [0.1, 0.15) is 0 Å². The fourth-order valence-electron chi connectivity index (χ4n) is 1.44. The number of likely N-dealkylation sites (N-methyl/N-ethyl adjacent to an activating group) is 1. The summed E-state index contributed by atoms with van der Waals surface area (Å²) in [4.78, 5) is 1.91. The highest BCUT2D eigenvalue weighted by Crippen LogP contribution is 2.07. The van der Waals surface area contributed by atoms with Crippen LogP contribution in [0.3, 0.4) is 0 Å². The standard InChI is InChI=1S/C10H18N2O4S2/c1-12(3-5-13)4-6-16-10(17)11-9-2-7-18(14,15)8-9/h2,7,9,13H,3-6,8H2,1H3,(H,11,17)/t9-/m1/s1. The molecule has 1 aliphatic heterocycles. The SMILES string of the molecule is CN(CCO)CCOC(=S)N[C@@H]1C=CS(=O)(=O)C1. The smallest absolute Gasteiger partial charge is 0.257 e. The molecule has 0 spiro atoms. The van der Waals surface area contributed by atoms with Crippen LogP contribution < -0.4 is 5.32 Å². The van der Waals surface area contributed by atoms with Gasteiger partial charge in [-0.1, -0.05) is 0 Å². The summed E-state index contributed by atoms with van der Waals surface area (Å²) in [5, 5.41) is 12.9. The van der Waals surface area contributed by atoms with Crippen molar-refractivity contribution >= 4 is 27.2 Å². The minimum absolute atomic E-state index is 0.0148. The lowest BCUT2D eigenvalue weighted by molar-refractivity contribution is 0.187. The summed E-state index contributed by atoms with van der Waals surface area (Å²) >= 11 is 4.95. The van der Waals surface area contributed by atoms with E-state index < -0.39 is 9.84 Å². The molecule has 0 bridgehead atoms. The molecule has 1 aliphatic rings. The second kappa shape index (κ2) is 7.03. The zero-order valence-corrected chi connectivity index (χ0v) is 11.8. The summed E-state index contributed by atoms with van der Waals surface area (Å²) < 4.78 is 27.6. The first kappa shape index (κ1) is 15.4. The predicted octanol–water partition coefficient (Wildman–Crippen LogP) is -0.888. The molecule has 0 aliphatic carbocycles. The molecule has 0 fully saturated rings. The van der Waals surface area contributed by atoms with E-state index in [1.54, 1.807) is 6.08 Å². The summed E-state index contributed by atoms with van der Waals surface area (Å²) in [5.74, 6) is 0.0148. The third-order valence-corrected chi connectivity index (χ3v) is 4.05. The Labute approximate surface area is 113 Å². The molecular formula is C10H18N2O4S2. The molecule has 6 nitrogen and oxygen atoms in total. The maximum atomic E-state index is 11.2. The van der Waals surface area contributed by atoms with Crippen molar-refractivity contribution in [3.05, 3.63) is 11.5 Å². The Balaban J connectivity index is 2.17. The van der Waals surface area contributed by atoms with E-state index in [9.17, 15) is 8.42 Å². The van der Waals surface area contributed by atoms with Gasteiger partial charge in [-0.3, -0.25) is 0 Å². The molecule has 18 heavy (non-hydrogen) atoms. The van der Waals surface area contributed by atoms with Crippen molar-refractivity contribution in [2.45, 2.75) is 6.04 Å². The maximum Gasteiger partial charge on any atom is 0.257 e. The van der Waals surface area contributed by atoms with Gasteiger partial charge in [-0.05, 0) is 25.3 Å². The summed E-state index contributed by atoms with van der Waals surface area (Å²) in [6, 6.07) is -0.308. The minimum Gasteiger partial charge on any atom is -0.470 e. The van der Waals surface area contributed by atoms with Crippen molar-refractivity contribution in [2.24, 2.45) is 0 Å². The summed E-state index contributed by atoms with van der Waals surface area (Å²) in [6.45, 7) is 1.71. The summed E-state index contributed by atoms with van der Waals surface area (Å²) in [7, 11) is -1.21. The van der Waals surface area contributed by atoms with Gasteiger partial charge in [0.05, 0.1) is 18.4 Å². The van der Waals surface area contributed by atoms with Gasteiger partial charge in [-0.15, -0.1) is 0 Å². The first-order valence-electron chi connectivity index (χ1n) is 5.56. The molecular weight excluding hydrogens is 276 g/mol. The monoisotopic (exact) mass is 294 g/mol. The van der Waals surface area contributed by atoms with Crippen molar-refractivity contribution in [1.82, 2.24) is 10.2 Å². The van der Waals surface area contributed by atoms with Crippen LogP contribution >= 0.6 is 12.2 Å². The summed E-state index contributed by atoms with van der Waals surface area (Å²) in [5.41, 5.74) is 0. The van der Waals surface area contributed by atoms with Gasteiger partial charge < -0.3 is 20.1 Å². The van der Waals surface area contributed by atoms with Crippen LogP contribution in [0.4, 0.5) is 0 Å². The van der Waals surface area contributed by atoms with Crippen molar-refractivity contribution < 1.29 is 18.3 Å². The van der Waals surface area contributed by atoms with Gasteiger partial charge in [-0.2, -0.15) is 0 Å². The van der Waals surface area contributed by atoms with Gasteiger partial charge in [0.1, 0.15) is 6.61 Å². The Morgan fingerprint density at radius 2 is 2.33 bits per heavy atom. The summed E-state index contributed by atoms with van der Waals surface area (Å²) in [6.07, 6.45) is 1.56. The molecule has 1 atom stereocenters. The number of nitrogens with one attached hydrogen (secondary N) is 1. The number of sulfone groups is 1. The average Bonchev–Trinajstić information content (AvgIpc) is 2.58. The van der Waals surface area contributed by atoms with E-state index >= 15 is 0 Å². The Hall–Kier alpha value is -0.700. The number of aliphatic hydroxyl groups is 1. The Bertz CT molecular complexity index is 408. The second-order valence-electron chi connectivity index (χ2n) is 4.07. The first-order valence-corrected chi connectivity index (χ1v) is 7.69. The quantitative estimate of drug-likeness (QED) is 0.615. The Morgan fingerprint density at radius 1 is 1.61 bits per heavy atom. The van der Waals surface area contributed by atoms with Crippen molar-refractivity contribution in [3.8, 4) is 0 Å². The molecule has 0 unspecified atom stereocenters. The van der Waals surface area contributed by atoms with Gasteiger partial charge in [0, 0.05) is 18.5 Å². The average molecular weight is 294 g/mol. The fourth-order valence-corrected chi connectivity index (χ4v) is 2.91. The Kier molecular flexibility index (Phi) is 6.00. The molecule has 2 N–H and O–H groups in total. The van der Waals surface area contributed by atoms with Crippen LogP contribution in [0, 0.1) is 0 Å². The fraction of sp³-hybridized carbons (Fsp3) is 0.700. The van der Waals surface area contributed by atoms with E-state index in [0.717, 1.165) is 0 Å². The van der Waals surface area contributed by atoms with Gasteiger partial charge in [0.25, 0.3) is 5.17 Å². The number of ether oxygens (including phenoxy) is 1. The highest BCUT2D eigenvalue weighted by Gasteiger charge is 2.22. The van der Waals surface area contributed by atoms with E-state index in [1.807, 2.05) is 11.9 Å². The van der Waals surface area contributed by atoms with E-state index in [4.69, 9.17) is 22.1 Å². The molecule has 0 saturated carbocycles. The van der Waals surface area contributed by atoms with Gasteiger partial charge in [0.15, 0.2) is 9.84 Å². The highest BCUT2D eigenvalue weighted by molar-refractivity contribution is 7.94. The molecule has 0 saturated heterocycles. The lowest BCUT2D eigenvalue weighted by Crippen LogP contribution is -2.37. The number of hydrogen-bond donors (Lipinski definition) is 2. The van der Waals surface area contributed by atoms with Crippen LogP contribution in [0.25, 0.3) is 0 Å². The topological polar surface area (TPSA) is 78.9 Å². The van der Waals surface area contributed by atoms with Crippen LogP contribution in [-0.2, 0) is 14.6 Å². The van der Waals surface area contributed by atoms with Crippen LogP contribution in [0.15, 0.2) is 11.5 Å². The molecule has 0 amide bonds. The van der Waals surface area contributed by atoms with Crippen LogP contribution in [0.5, 0.6) is 0 Å². The number of nitrogens with zero attached hydrogens (tertiary/aromatic N) is 1. The number of aliphatic hydroxyl groups excluding tert-OH is 1. The van der Waals surface area contributed by atoms with E-state index in [-0.39, 0.29) is 23.6 Å². The second-order valence-corrected chi connectivity index (χ2v) is 6.37. The molecule has 0 aromatic carbocycles.